The number of carbonyl (C=O) groups excluding carboxylic acids is 1. The van der Waals surface area contributed by atoms with E-state index in [1.54, 1.807) is 0 Å². The highest BCUT2D eigenvalue weighted by Crippen LogP contribution is 2.39. The monoisotopic (exact) mass is 369 g/mol. The van der Waals surface area contributed by atoms with Crippen LogP contribution in [-0.2, 0) is 9.53 Å². The Bertz CT molecular complexity index is 413. The molecule has 0 saturated heterocycles. The van der Waals surface area contributed by atoms with Gasteiger partial charge in [0.05, 0.1) is 13.0 Å². The summed E-state index contributed by atoms with van der Waals surface area (Å²) in [5, 5.41) is 4.62. The number of hydrogen-bond acceptors (Lipinski definition) is 4. The molecule has 1 fully saturated rings. The summed E-state index contributed by atoms with van der Waals surface area (Å²) >= 11 is 8.14. The average molecular weight is 370 g/mol. The van der Waals surface area contributed by atoms with Crippen LogP contribution < -0.4 is 0 Å². The molecule has 1 saturated carbocycles. The van der Waals surface area contributed by atoms with Gasteiger partial charge in [0.15, 0.2) is 0 Å². The first-order valence-corrected chi connectivity index (χ1v) is 6.97. The van der Waals surface area contributed by atoms with E-state index in [4.69, 9.17) is 20.9 Å². The quantitative estimate of drug-likeness (QED) is 0.592. The molecule has 0 amide bonds. The molecule has 1 aliphatic carbocycles. The summed E-state index contributed by atoms with van der Waals surface area (Å²) < 4.78 is 10.4. The molecule has 0 unspecified atom stereocenters. The summed E-state index contributed by atoms with van der Waals surface area (Å²) in [5.41, 5.74) is 0.833. The molecule has 0 radical (unpaired) electrons. The summed E-state index contributed by atoms with van der Waals surface area (Å²) in [5.74, 6) is 0.223. The lowest BCUT2D eigenvalue weighted by atomic mass is 9.80. The standard InChI is InChI=1S/C11H13ClINO3/c1-16-11(15)7-4-2-6(3-5-7)9-8(12)10(13)17-14-9/h6-7H,2-5H2,1H3. The zero-order valence-electron chi connectivity index (χ0n) is 9.41. The highest BCUT2D eigenvalue weighted by atomic mass is 127. The summed E-state index contributed by atoms with van der Waals surface area (Å²) in [6.45, 7) is 0. The molecule has 0 atom stereocenters. The van der Waals surface area contributed by atoms with Crippen LogP contribution in [0.5, 0.6) is 0 Å². The highest BCUT2D eigenvalue weighted by molar-refractivity contribution is 14.1. The van der Waals surface area contributed by atoms with Crippen molar-refractivity contribution in [3.63, 3.8) is 0 Å². The van der Waals surface area contributed by atoms with Gasteiger partial charge in [-0.25, -0.2) is 0 Å². The van der Waals surface area contributed by atoms with Gasteiger partial charge in [-0.05, 0) is 25.7 Å². The second-order valence-corrected chi connectivity index (χ2v) is 5.58. The van der Waals surface area contributed by atoms with E-state index < -0.39 is 0 Å². The molecule has 4 nitrogen and oxygen atoms in total. The fraction of sp³-hybridized carbons (Fsp3) is 0.636. The number of hydrogen-bond donors (Lipinski definition) is 0. The minimum absolute atomic E-state index is 0.0287. The molecule has 1 aliphatic rings. The minimum atomic E-state index is -0.107. The topological polar surface area (TPSA) is 52.3 Å². The SMILES string of the molecule is COC(=O)C1CCC(c2noc(I)c2Cl)CC1. The number of ether oxygens (including phenoxy) is 1. The van der Waals surface area contributed by atoms with Gasteiger partial charge in [-0.15, -0.1) is 0 Å². The Kier molecular flexibility index (Phi) is 4.30. The van der Waals surface area contributed by atoms with Gasteiger partial charge >= 0.3 is 5.97 Å². The van der Waals surface area contributed by atoms with Gasteiger partial charge in [-0.1, -0.05) is 16.8 Å². The van der Waals surface area contributed by atoms with E-state index in [0.717, 1.165) is 31.4 Å². The molecule has 2 rings (SSSR count). The van der Waals surface area contributed by atoms with Gasteiger partial charge in [-0.2, -0.15) is 0 Å². The van der Waals surface area contributed by atoms with Gasteiger partial charge in [0.2, 0.25) is 3.77 Å². The van der Waals surface area contributed by atoms with E-state index in [9.17, 15) is 4.79 Å². The largest absolute Gasteiger partial charge is 0.469 e. The number of esters is 1. The molecule has 0 N–H and O–H groups in total. The minimum Gasteiger partial charge on any atom is -0.469 e. The predicted octanol–water partition coefficient (Wildman–Crippen LogP) is 3.38. The number of halogens is 2. The summed E-state index contributed by atoms with van der Waals surface area (Å²) in [7, 11) is 1.44. The van der Waals surface area contributed by atoms with Crippen molar-refractivity contribution in [2.45, 2.75) is 31.6 Å². The lowest BCUT2D eigenvalue weighted by Gasteiger charge is -2.25. The first-order chi connectivity index (χ1) is 8.13. The van der Waals surface area contributed by atoms with Crippen LogP contribution in [0.15, 0.2) is 4.52 Å². The molecule has 0 aromatic carbocycles. The van der Waals surface area contributed by atoms with E-state index in [1.165, 1.54) is 7.11 Å². The third-order valence-electron chi connectivity index (χ3n) is 3.27. The second kappa shape index (κ2) is 5.56. The van der Waals surface area contributed by atoms with Crippen LogP contribution in [0.2, 0.25) is 5.02 Å². The fourth-order valence-corrected chi connectivity index (χ4v) is 2.89. The third kappa shape index (κ3) is 2.76. The predicted molar refractivity (Wildman–Crippen MR) is 70.9 cm³/mol. The van der Waals surface area contributed by atoms with E-state index in [0.29, 0.717) is 14.7 Å². The van der Waals surface area contributed by atoms with E-state index in [2.05, 4.69) is 5.16 Å². The van der Waals surface area contributed by atoms with Crippen molar-refractivity contribution < 1.29 is 14.1 Å². The normalized spacial score (nSPS) is 24.6. The molecule has 1 aromatic rings. The van der Waals surface area contributed by atoms with Crippen molar-refractivity contribution in [3.05, 3.63) is 14.5 Å². The zero-order valence-corrected chi connectivity index (χ0v) is 12.3. The van der Waals surface area contributed by atoms with Crippen molar-refractivity contribution in [2.24, 2.45) is 5.92 Å². The molecule has 1 aromatic heterocycles. The van der Waals surface area contributed by atoms with Crippen molar-refractivity contribution >= 4 is 40.2 Å². The Balaban J connectivity index is 2.00. The number of methoxy groups -OCH3 is 1. The molecule has 6 heteroatoms. The van der Waals surface area contributed by atoms with Gasteiger partial charge in [-0.3, -0.25) is 4.79 Å². The van der Waals surface area contributed by atoms with Crippen molar-refractivity contribution in [3.8, 4) is 0 Å². The maximum atomic E-state index is 11.4. The van der Waals surface area contributed by atoms with Crippen LogP contribution in [0.4, 0.5) is 0 Å². The maximum Gasteiger partial charge on any atom is 0.308 e. The molecule has 17 heavy (non-hydrogen) atoms. The highest BCUT2D eigenvalue weighted by Gasteiger charge is 2.30. The van der Waals surface area contributed by atoms with E-state index in [-0.39, 0.29) is 11.9 Å². The van der Waals surface area contributed by atoms with Crippen molar-refractivity contribution in [2.75, 3.05) is 7.11 Å². The van der Waals surface area contributed by atoms with Gasteiger partial charge < -0.3 is 9.26 Å². The number of aromatic nitrogens is 1. The molecule has 0 spiro atoms. The molecular weight excluding hydrogens is 356 g/mol. The molecular formula is C11H13ClINO3. The van der Waals surface area contributed by atoms with E-state index in [1.807, 2.05) is 22.6 Å². The first kappa shape index (κ1) is 13.1. The Morgan fingerprint density at radius 2 is 2.12 bits per heavy atom. The van der Waals surface area contributed by atoms with Crippen LogP contribution in [0.25, 0.3) is 0 Å². The van der Waals surface area contributed by atoms with Gasteiger partial charge in [0.1, 0.15) is 10.7 Å². The lowest BCUT2D eigenvalue weighted by Crippen LogP contribution is -2.22. The van der Waals surface area contributed by atoms with Crippen molar-refractivity contribution in [1.82, 2.24) is 5.16 Å². The van der Waals surface area contributed by atoms with Crippen LogP contribution in [0, 0.1) is 9.68 Å². The summed E-state index contributed by atoms with van der Waals surface area (Å²) in [6, 6.07) is 0. The Hall–Kier alpha value is -0.300. The molecule has 94 valence electrons. The maximum absolute atomic E-state index is 11.4. The zero-order chi connectivity index (χ0) is 12.4. The summed E-state index contributed by atoms with van der Waals surface area (Å²) in [6.07, 6.45) is 3.47. The van der Waals surface area contributed by atoms with E-state index >= 15 is 0 Å². The molecule has 1 heterocycles. The second-order valence-electron chi connectivity index (χ2n) is 4.23. The lowest BCUT2D eigenvalue weighted by molar-refractivity contribution is -0.146. The molecule has 0 aliphatic heterocycles. The number of rotatable bonds is 2. The Morgan fingerprint density at radius 3 is 2.59 bits per heavy atom. The van der Waals surface area contributed by atoms with Crippen LogP contribution in [0.3, 0.4) is 0 Å². The number of carbonyl (C=O) groups is 1. The van der Waals surface area contributed by atoms with Crippen LogP contribution >= 0.6 is 34.2 Å². The first-order valence-electron chi connectivity index (χ1n) is 5.52. The third-order valence-corrected chi connectivity index (χ3v) is 4.69. The van der Waals surface area contributed by atoms with Gasteiger partial charge in [0.25, 0.3) is 0 Å². The smallest absolute Gasteiger partial charge is 0.308 e. The number of nitrogens with zero attached hydrogens (tertiary/aromatic N) is 1. The summed E-state index contributed by atoms with van der Waals surface area (Å²) in [4.78, 5) is 11.4. The average Bonchev–Trinajstić information content (AvgIpc) is 2.69. The van der Waals surface area contributed by atoms with Crippen LogP contribution in [0.1, 0.15) is 37.3 Å². The fourth-order valence-electron chi connectivity index (χ4n) is 2.29. The van der Waals surface area contributed by atoms with Crippen LogP contribution in [-0.4, -0.2) is 18.2 Å². The molecule has 0 bridgehead atoms. The Labute approximate surface area is 118 Å². The van der Waals surface area contributed by atoms with Crippen molar-refractivity contribution in [1.29, 1.82) is 0 Å². The van der Waals surface area contributed by atoms with Gasteiger partial charge in [0, 0.05) is 28.5 Å². The Morgan fingerprint density at radius 1 is 1.47 bits per heavy atom.